The number of aromatic hydroxyl groups is 2. The molecule has 1 saturated heterocycles. The average Bonchev–Trinajstić information content (AvgIpc) is 3.17. The molecule has 1 heterocycles. The van der Waals surface area contributed by atoms with Crippen LogP contribution in [0.1, 0.15) is 89.5 Å². The van der Waals surface area contributed by atoms with Crippen LogP contribution in [-0.2, 0) is 26.5 Å². The molecule has 0 unspecified atom stereocenters. The van der Waals surface area contributed by atoms with E-state index in [1.54, 1.807) is 14.2 Å². The average molecular weight is 674 g/mol. The Kier molecular flexibility index (Phi) is 9.54. The molecule has 2 aromatic carbocycles. The van der Waals surface area contributed by atoms with Crippen molar-refractivity contribution in [2.45, 2.75) is 90.1 Å². The van der Waals surface area contributed by atoms with Crippen LogP contribution in [0.25, 0.3) is 0 Å². The van der Waals surface area contributed by atoms with Crippen molar-refractivity contribution in [3.63, 3.8) is 0 Å². The van der Waals surface area contributed by atoms with Gasteiger partial charge in [-0.2, -0.15) is 0 Å². The largest absolute Gasteiger partial charge is 1.00 e. The van der Waals surface area contributed by atoms with Gasteiger partial charge in [0, 0.05) is 0 Å². The first-order valence-corrected chi connectivity index (χ1v) is 14.2. The molecule has 6 nitrogen and oxygen atoms in total. The molecule has 2 aliphatic rings. The maximum Gasteiger partial charge on any atom is -1.00 e. The van der Waals surface area contributed by atoms with Crippen molar-refractivity contribution >= 4 is 12.4 Å². The second-order valence-electron chi connectivity index (χ2n) is 12.2. The topological polar surface area (TPSA) is 64.9 Å². The number of ether oxygens (including phenoxy) is 2. The van der Waals surface area contributed by atoms with E-state index in [9.17, 15) is 10.2 Å². The third kappa shape index (κ3) is 6.34. The van der Waals surface area contributed by atoms with Crippen LogP contribution in [0.15, 0.2) is 24.3 Å². The minimum absolute atomic E-state index is 0. The zero-order chi connectivity index (χ0) is 27.1. The zero-order valence-corrected chi connectivity index (χ0v) is 27.3. The summed E-state index contributed by atoms with van der Waals surface area (Å²) in [7, 11) is 3.34. The summed E-state index contributed by atoms with van der Waals surface area (Å²) in [5.41, 5.74) is 2.92. The SMILES string of the molecule is COc1cc(C=[N+]2[Cr][N+](=Cc3cc(OC)cc(C(C)(C)C)c3O)[C@@H]3CCCC[C@H]32)c(O)c(C(C)(C)C)c1.[I-]. The number of methoxy groups -OCH3 is 2. The normalized spacial score (nSPS) is 21.8. The van der Waals surface area contributed by atoms with Crippen LogP contribution in [-0.4, -0.2) is 56.1 Å². The maximum atomic E-state index is 11.2. The second kappa shape index (κ2) is 11.8. The Balaban J connectivity index is 0.00000400. The number of phenols is 2. The molecule has 0 spiro atoms. The number of nitrogens with zero attached hydrogens (tertiary/aromatic N) is 2. The molecule has 208 valence electrons. The summed E-state index contributed by atoms with van der Waals surface area (Å²) in [5.74, 6) is 2.14. The Morgan fingerprint density at radius 1 is 0.737 bits per heavy atom. The Hall–Kier alpha value is -1.76. The van der Waals surface area contributed by atoms with E-state index in [0.29, 0.717) is 23.6 Å². The zero-order valence-electron chi connectivity index (χ0n) is 23.8. The molecular formula is C30H42CrIN2O4+. The molecule has 0 radical (unpaired) electrons. The van der Waals surface area contributed by atoms with Crippen molar-refractivity contribution in [1.29, 1.82) is 0 Å². The van der Waals surface area contributed by atoms with Gasteiger partial charge in [0.2, 0.25) is 0 Å². The molecule has 2 fully saturated rings. The van der Waals surface area contributed by atoms with Gasteiger partial charge < -0.3 is 24.0 Å². The fraction of sp³-hybridized carbons (Fsp3) is 0.533. The van der Waals surface area contributed by atoms with Gasteiger partial charge in [-0.05, 0) is 0 Å². The molecular weight excluding hydrogens is 631 g/mol. The fourth-order valence-electron chi connectivity index (χ4n) is 5.26. The van der Waals surface area contributed by atoms with E-state index >= 15 is 0 Å². The fourth-order valence-corrected chi connectivity index (χ4v) is 7.25. The van der Waals surface area contributed by atoms with Crippen molar-refractivity contribution in [1.82, 2.24) is 0 Å². The van der Waals surface area contributed by atoms with Crippen LogP contribution < -0.4 is 33.5 Å². The first kappa shape index (κ1) is 30.8. The summed E-state index contributed by atoms with van der Waals surface area (Å²) < 4.78 is 16.0. The van der Waals surface area contributed by atoms with Crippen LogP contribution >= 0.6 is 0 Å². The molecule has 1 aliphatic carbocycles. The first-order chi connectivity index (χ1) is 17.3. The van der Waals surface area contributed by atoms with Gasteiger partial charge in [-0.25, -0.2) is 0 Å². The standard InChI is InChI=1S/C30H42N2O4.Cr.HI/c1-29(2,3)23-15-21(35-7)13-19(27(23)33)17-31-25-11-9-10-12-26(25)32-18-20-14-22(36-8)16-24(28(20)34)30(4,5)6;;/h13-18,25-26,33-34H,9-12H2,1-8H3;;1H/q;+2;/p-1/t25-,26-;;/m1../s1. The molecule has 4 rings (SSSR count). The van der Waals surface area contributed by atoms with Gasteiger partial charge in [-0.3, -0.25) is 0 Å². The predicted octanol–water partition coefficient (Wildman–Crippen LogP) is 2.51. The monoisotopic (exact) mass is 673 g/mol. The summed E-state index contributed by atoms with van der Waals surface area (Å²) >= 11 is -0.0332. The molecule has 1 saturated carbocycles. The molecule has 2 aromatic rings. The summed E-state index contributed by atoms with van der Waals surface area (Å²) in [6.07, 6.45) is 8.87. The number of halogens is 1. The van der Waals surface area contributed by atoms with Crippen LogP contribution in [0, 0.1) is 0 Å². The molecule has 2 atom stereocenters. The molecule has 0 bridgehead atoms. The molecule has 2 N–H and O–H groups in total. The van der Waals surface area contributed by atoms with Crippen molar-refractivity contribution in [3.05, 3.63) is 46.5 Å². The molecule has 8 heteroatoms. The number of hydrogen-bond donors (Lipinski definition) is 2. The second-order valence-corrected chi connectivity index (χ2v) is 13.8. The summed E-state index contributed by atoms with van der Waals surface area (Å²) in [6.45, 7) is 12.6. The van der Waals surface area contributed by atoms with Gasteiger partial charge in [0.05, 0.1) is 0 Å². The number of hydrogen-bond acceptors (Lipinski definition) is 4. The van der Waals surface area contributed by atoms with Crippen LogP contribution in [0.4, 0.5) is 0 Å². The van der Waals surface area contributed by atoms with E-state index in [0.717, 1.165) is 46.6 Å². The van der Waals surface area contributed by atoms with E-state index < -0.39 is 0 Å². The first-order valence-electron chi connectivity index (χ1n) is 13.1. The van der Waals surface area contributed by atoms with Gasteiger partial charge in [0.15, 0.2) is 0 Å². The summed E-state index contributed by atoms with van der Waals surface area (Å²) in [4.78, 5) is 0. The van der Waals surface area contributed by atoms with Crippen LogP contribution in [0.5, 0.6) is 23.0 Å². The molecule has 1 aliphatic heterocycles. The van der Waals surface area contributed by atoms with E-state index in [2.05, 4.69) is 61.1 Å². The Labute approximate surface area is 251 Å². The maximum absolute atomic E-state index is 11.2. The van der Waals surface area contributed by atoms with Gasteiger partial charge in [-0.1, -0.05) is 0 Å². The third-order valence-corrected chi connectivity index (χ3v) is 9.15. The molecule has 0 amide bonds. The summed E-state index contributed by atoms with van der Waals surface area (Å²) in [5, 5.41) is 22.5. The summed E-state index contributed by atoms with van der Waals surface area (Å²) in [6, 6.07) is 8.45. The van der Waals surface area contributed by atoms with Gasteiger partial charge in [0.1, 0.15) is 0 Å². The Morgan fingerprint density at radius 3 is 1.42 bits per heavy atom. The van der Waals surface area contributed by atoms with Crippen molar-refractivity contribution in [3.8, 4) is 23.0 Å². The van der Waals surface area contributed by atoms with Crippen molar-refractivity contribution < 1.29 is 66.4 Å². The minimum atomic E-state index is -0.209. The molecule has 0 aromatic heterocycles. The van der Waals surface area contributed by atoms with Gasteiger partial charge >= 0.3 is 229 Å². The van der Waals surface area contributed by atoms with E-state index in [1.807, 2.05) is 24.3 Å². The number of rotatable bonds is 4. The number of fused-ring (bicyclic) bond motifs is 1. The number of benzene rings is 2. The van der Waals surface area contributed by atoms with Crippen molar-refractivity contribution in [2.24, 2.45) is 0 Å². The molecule has 38 heavy (non-hydrogen) atoms. The minimum Gasteiger partial charge on any atom is -1.00 e. The Bertz CT molecular complexity index is 1150. The van der Waals surface area contributed by atoms with E-state index in [4.69, 9.17) is 9.47 Å². The van der Waals surface area contributed by atoms with Gasteiger partial charge in [0.25, 0.3) is 0 Å². The van der Waals surface area contributed by atoms with Crippen molar-refractivity contribution in [2.75, 3.05) is 14.2 Å². The Morgan fingerprint density at radius 2 is 1.11 bits per heavy atom. The quantitative estimate of drug-likeness (QED) is 0.491. The third-order valence-electron chi connectivity index (χ3n) is 7.38. The van der Waals surface area contributed by atoms with E-state index in [1.165, 1.54) is 12.8 Å². The van der Waals surface area contributed by atoms with Crippen LogP contribution in [0.2, 0.25) is 0 Å². The van der Waals surface area contributed by atoms with Crippen LogP contribution in [0.3, 0.4) is 0 Å². The number of phenolic OH excluding ortho intramolecular Hbond substituents is 2. The van der Waals surface area contributed by atoms with E-state index in [-0.39, 0.29) is 50.5 Å². The predicted molar refractivity (Wildman–Crippen MR) is 144 cm³/mol. The van der Waals surface area contributed by atoms with Gasteiger partial charge in [-0.15, -0.1) is 0 Å². The smallest absolute Gasteiger partial charge is 1.00 e.